The number of nitrogens with zero attached hydrogens (tertiary/aromatic N) is 1. The van der Waals surface area contributed by atoms with Gasteiger partial charge in [-0.2, -0.15) is 8.42 Å². The van der Waals surface area contributed by atoms with E-state index in [-0.39, 0.29) is 16.8 Å². The largest absolute Gasteiger partial charge is 0.493 e. The second-order valence-electron chi connectivity index (χ2n) is 7.09. The SMILES string of the molecule is CCN1CCO[C@H]2c3cc(F)ccc3OCC[C@@H]21.Cc1ccc(S(=O)(=O)O)cc1. The van der Waals surface area contributed by atoms with Crippen LogP contribution in [0.3, 0.4) is 0 Å². The summed E-state index contributed by atoms with van der Waals surface area (Å²) in [5.74, 6) is 0.539. The van der Waals surface area contributed by atoms with Crippen molar-refractivity contribution in [2.75, 3.05) is 26.3 Å². The van der Waals surface area contributed by atoms with E-state index in [0.29, 0.717) is 19.3 Å². The lowest BCUT2D eigenvalue weighted by molar-refractivity contribution is -0.0725. The first-order chi connectivity index (χ1) is 13.8. The van der Waals surface area contributed by atoms with Crippen LogP contribution >= 0.6 is 0 Å². The Morgan fingerprint density at radius 2 is 1.90 bits per heavy atom. The molecule has 2 aliphatic heterocycles. The van der Waals surface area contributed by atoms with Crippen LogP contribution in [0.15, 0.2) is 47.4 Å². The van der Waals surface area contributed by atoms with Gasteiger partial charge in [0.1, 0.15) is 17.7 Å². The van der Waals surface area contributed by atoms with Crippen molar-refractivity contribution in [3.8, 4) is 5.75 Å². The van der Waals surface area contributed by atoms with Crippen molar-refractivity contribution in [3.05, 3.63) is 59.4 Å². The second-order valence-corrected chi connectivity index (χ2v) is 8.52. The molecule has 29 heavy (non-hydrogen) atoms. The van der Waals surface area contributed by atoms with Crippen molar-refractivity contribution in [2.45, 2.75) is 37.3 Å². The van der Waals surface area contributed by atoms with E-state index < -0.39 is 10.1 Å². The van der Waals surface area contributed by atoms with Crippen molar-refractivity contribution in [1.82, 2.24) is 4.90 Å². The molecule has 2 aliphatic rings. The number of likely N-dealkylation sites (N-methyl/N-ethyl adjacent to an activating group) is 1. The Morgan fingerprint density at radius 3 is 2.55 bits per heavy atom. The third-order valence-electron chi connectivity index (χ3n) is 5.17. The smallest absolute Gasteiger partial charge is 0.294 e. The monoisotopic (exact) mass is 423 g/mol. The molecule has 2 heterocycles. The number of ether oxygens (including phenoxy) is 2. The first kappa shape index (κ1) is 21.7. The van der Waals surface area contributed by atoms with Gasteiger partial charge in [0, 0.05) is 18.2 Å². The molecule has 8 heteroatoms. The highest BCUT2D eigenvalue weighted by Crippen LogP contribution is 2.38. The van der Waals surface area contributed by atoms with Gasteiger partial charge in [-0.3, -0.25) is 9.45 Å². The van der Waals surface area contributed by atoms with Crippen LogP contribution in [-0.4, -0.2) is 50.2 Å². The highest BCUT2D eigenvalue weighted by molar-refractivity contribution is 7.85. The lowest BCUT2D eigenvalue weighted by Gasteiger charge is -2.39. The van der Waals surface area contributed by atoms with Gasteiger partial charge in [0.25, 0.3) is 10.1 Å². The van der Waals surface area contributed by atoms with E-state index in [1.165, 1.54) is 18.2 Å². The number of aryl methyl sites for hydroxylation is 1. The Balaban J connectivity index is 0.000000188. The van der Waals surface area contributed by atoms with Gasteiger partial charge in [-0.25, -0.2) is 4.39 Å². The normalized spacial score (nSPS) is 21.7. The van der Waals surface area contributed by atoms with E-state index >= 15 is 0 Å². The van der Waals surface area contributed by atoms with Crippen LogP contribution in [0.2, 0.25) is 0 Å². The molecule has 0 aliphatic carbocycles. The lowest BCUT2D eigenvalue weighted by Crippen LogP contribution is -2.46. The van der Waals surface area contributed by atoms with E-state index in [0.717, 1.165) is 36.4 Å². The number of fused-ring (bicyclic) bond motifs is 3. The molecule has 0 unspecified atom stereocenters. The predicted molar refractivity (Wildman–Crippen MR) is 107 cm³/mol. The summed E-state index contributed by atoms with van der Waals surface area (Å²) in [7, 11) is -4.02. The Bertz CT molecular complexity index is 933. The van der Waals surface area contributed by atoms with Gasteiger partial charge in [0.15, 0.2) is 0 Å². The Hall–Kier alpha value is -2.00. The van der Waals surface area contributed by atoms with Crippen LogP contribution < -0.4 is 4.74 Å². The van der Waals surface area contributed by atoms with Crippen molar-refractivity contribution in [3.63, 3.8) is 0 Å². The molecule has 0 amide bonds. The van der Waals surface area contributed by atoms with Crippen molar-refractivity contribution >= 4 is 10.1 Å². The third kappa shape index (κ3) is 5.33. The molecule has 1 N–H and O–H groups in total. The number of halogens is 1. The van der Waals surface area contributed by atoms with Gasteiger partial charge in [-0.1, -0.05) is 24.6 Å². The maximum atomic E-state index is 13.4. The van der Waals surface area contributed by atoms with E-state index in [4.69, 9.17) is 14.0 Å². The quantitative estimate of drug-likeness (QED) is 0.744. The topological polar surface area (TPSA) is 76.1 Å². The zero-order chi connectivity index (χ0) is 21.0. The maximum Gasteiger partial charge on any atom is 0.294 e. The van der Waals surface area contributed by atoms with Crippen molar-refractivity contribution in [1.29, 1.82) is 0 Å². The highest BCUT2D eigenvalue weighted by Gasteiger charge is 2.36. The minimum absolute atomic E-state index is 0.0631. The lowest BCUT2D eigenvalue weighted by atomic mass is 9.97. The molecule has 0 radical (unpaired) electrons. The summed E-state index contributed by atoms with van der Waals surface area (Å²) in [5, 5.41) is 0. The third-order valence-corrected chi connectivity index (χ3v) is 6.04. The van der Waals surface area contributed by atoms with E-state index in [1.807, 2.05) is 6.92 Å². The molecule has 2 atom stereocenters. The average Bonchev–Trinajstić information content (AvgIpc) is 2.87. The Kier molecular flexibility index (Phi) is 6.89. The van der Waals surface area contributed by atoms with Crippen LogP contribution in [0, 0.1) is 12.7 Å². The molecule has 1 fully saturated rings. The minimum Gasteiger partial charge on any atom is -0.493 e. The number of benzene rings is 2. The number of rotatable bonds is 2. The van der Waals surface area contributed by atoms with E-state index in [1.54, 1.807) is 24.3 Å². The van der Waals surface area contributed by atoms with Crippen LogP contribution in [0.1, 0.15) is 30.6 Å². The summed E-state index contributed by atoms with van der Waals surface area (Å²) in [6.07, 6.45) is 0.862. The molecule has 0 spiro atoms. The predicted octanol–water partition coefficient (Wildman–Crippen LogP) is 3.61. The summed E-state index contributed by atoms with van der Waals surface area (Å²) in [5.41, 5.74) is 1.81. The molecule has 6 nitrogen and oxygen atoms in total. The van der Waals surface area contributed by atoms with Crippen molar-refractivity contribution in [2.24, 2.45) is 0 Å². The Labute approximate surface area is 171 Å². The first-order valence-electron chi connectivity index (χ1n) is 9.61. The first-order valence-corrected chi connectivity index (χ1v) is 11.1. The maximum absolute atomic E-state index is 13.4. The zero-order valence-electron chi connectivity index (χ0n) is 16.5. The standard InChI is InChI=1S/C14H18FNO2.C7H8O3S/c1-2-16-6-8-18-14-11-9-10(15)3-4-13(11)17-7-5-12(14)16;1-6-2-4-7(5-3-6)11(8,9)10/h3-4,9,12,14H,2,5-8H2,1H3;2-5H,1H3,(H,8,9,10)/t12-,14-;/m0./s1. The fraction of sp³-hybridized carbons (Fsp3) is 0.429. The molecular formula is C21H26FNO5S. The molecule has 2 aromatic carbocycles. The number of hydrogen-bond donors (Lipinski definition) is 1. The summed E-state index contributed by atoms with van der Waals surface area (Å²) < 4.78 is 54.6. The molecule has 0 bridgehead atoms. The number of morpholine rings is 1. The molecule has 4 rings (SSSR count). The van der Waals surface area contributed by atoms with Gasteiger partial charge >= 0.3 is 0 Å². The van der Waals surface area contributed by atoms with Crippen LogP contribution in [0.4, 0.5) is 4.39 Å². The van der Waals surface area contributed by atoms with Gasteiger partial charge in [0.05, 0.1) is 18.1 Å². The Morgan fingerprint density at radius 1 is 1.17 bits per heavy atom. The summed E-state index contributed by atoms with van der Waals surface area (Å²) in [6.45, 7) is 7.30. The van der Waals surface area contributed by atoms with E-state index in [9.17, 15) is 12.8 Å². The molecule has 0 aromatic heterocycles. The van der Waals surface area contributed by atoms with Gasteiger partial charge in [-0.15, -0.1) is 0 Å². The van der Waals surface area contributed by atoms with Crippen LogP contribution in [0.5, 0.6) is 5.75 Å². The van der Waals surface area contributed by atoms with E-state index in [2.05, 4.69) is 11.8 Å². The minimum atomic E-state index is -4.02. The molecule has 1 saturated heterocycles. The van der Waals surface area contributed by atoms with Crippen LogP contribution in [-0.2, 0) is 14.9 Å². The molecular weight excluding hydrogens is 397 g/mol. The number of hydrogen-bond acceptors (Lipinski definition) is 5. The van der Waals surface area contributed by atoms with Gasteiger partial charge in [-0.05, 0) is 50.2 Å². The zero-order valence-corrected chi connectivity index (χ0v) is 17.4. The summed E-state index contributed by atoms with van der Waals surface area (Å²) >= 11 is 0. The van der Waals surface area contributed by atoms with Gasteiger partial charge in [0.2, 0.25) is 0 Å². The average molecular weight is 424 g/mol. The molecule has 2 aromatic rings. The van der Waals surface area contributed by atoms with Crippen LogP contribution in [0.25, 0.3) is 0 Å². The molecule has 0 saturated carbocycles. The highest BCUT2D eigenvalue weighted by atomic mass is 32.2. The summed E-state index contributed by atoms with van der Waals surface area (Å²) in [6, 6.07) is 11.0. The fourth-order valence-corrected chi connectivity index (χ4v) is 4.14. The van der Waals surface area contributed by atoms with Crippen molar-refractivity contribution < 1.29 is 26.8 Å². The molecule has 158 valence electrons. The second kappa shape index (κ2) is 9.21. The van der Waals surface area contributed by atoms with Gasteiger partial charge < -0.3 is 9.47 Å². The summed E-state index contributed by atoms with van der Waals surface area (Å²) in [4.78, 5) is 2.33. The fourth-order valence-electron chi connectivity index (χ4n) is 3.66.